The topological polar surface area (TPSA) is 54.5 Å². The van der Waals surface area contributed by atoms with Crippen LogP contribution in [0.3, 0.4) is 0 Å². The van der Waals surface area contributed by atoms with Gasteiger partial charge in [0.2, 0.25) is 0 Å². The maximum atomic E-state index is 5.91. The van der Waals surface area contributed by atoms with Gasteiger partial charge in [-0.15, -0.1) is 11.3 Å². The molecule has 4 nitrogen and oxygen atoms in total. The summed E-state index contributed by atoms with van der Waals surface area (Å²) in [6.45, 7) is 8.09. The summed E-state index contributed by atoms with van der Waals surface area (Å²) in [6, 6.07) is 0.243. The molecule has 16 heavy (non-hydrogen) atoms. The zero-order chi connectivity index (χ0) is 11.7. The van der Waals surface area contributed by atoms with Crippen molar-refractivity contribution in [1.29, 1.82) is 0 Å². The lowest BCUT2D eigenvalue weighted by molar-refractivity contribution is 0.305. The van der Waals surface area contributed by atoms with E-state index in [0.29, 0.717) is 11.9 Å². The van der Waals surface area contributed by atoms with Crippen molar-refractivity contribution in [3.05, 3.63) is 16.1 Å². The molecule has 1 aromatic rings. The second-order valence-electron chi connectivity index (χ2n) is 4.55. The average Bonchev–Trinajstić information content (AvgIpc) is 2.75. The minimum absolute atomic E-state index is 0.243. The lowest BCUT2D eigenvalue weighted by Crippen LogP contribution is -2.38. The predicted octanol–water partition coefficient (Wildman–Crippen LogP) is 1.78. The van der Waals surface area contributed by atoms with Crippen LogP contribution < -0.4 is 5.73 Å². The van der Waals surface area contributed by atoms with Gasteiger partial charge in [-0.2, -0.15) is 0 Å². The van der Waals surface area contributed by atoms with Gasteiger partial charge in [-0.05, 0) is 12.8 Å². The van der Waals surface area contributed by atoms with Crippen molar-refractivity contribution >= 4 is 17.3 Å². The summed E-state index contributed by atoms with van der Waals surface area (Å²) in [5, 5.41) is 3.21. The second kappa shape index (κ2) is 4.41. The number of thiazole rings is 1. The molecule has 5 heteroatoms. The van der Waals surface area contributed by atoms with Gasteiger partial charge >= 0.3 is 0 Å². The highest BCUT2D eigenvalue weighted by Crippen LogP contribution is 2.27. The van der Waals surface area contributed by atoms with Gasteiger partial charge < -0.3 is 10.6 Å². The monoisotopic (exact) mass is 238 g/mol. The van der Waals surface area contributed by atoms with Crippen molar-refractivity contribution in [2.24, 2.45) is 16.6 Å². The van der Waals surface area contributed by atoms with Crippen LogP contribution in [0, 0.1) is 12.8 Å². The molecule has 88 valence electrons. The molecule has 0 amide bonds. The fourth-order valence-electron chi connectivity index (χ4n) is 1.93. The Bertz CT molecular complexity index is 396. The van der Waals surface area contributed by atoms with E-state index in [2.05, 4.69) is 34.1 Å². The fraction of sp³-hybridized carbons (Fsp3) is 0.636. The summed E-state index contributed by atoms with van der Waals surface area (Å²) in [6.07, 6.45) is 0. The molecule has 1 aliphatic rings. The molecule has 1 atom stereocenters. The third-order valence-corrected chi connectivity index (χ3v) is 3.43. The number of hydrogen-bond acceptors (Lipinski definition) is 5. The standard InChI is InChI=1S/C11H18N4S/c1-7(2)5-15-10(4-13-11(15)12)9-6-16-8(3)14-9/h6-7,10H,4-5H2,1-3H3,(H2,12,13). The van der Waals surface area contributed by atoms with Crippen molar-refractivity contribution in [1.82, 2.24) is 9.88 Å². The highest BCUT2D eigenvalue weighted by atomic mass is 32.1. The van der Waals surface area contributed by atoms with Gasteiger partial charge in [0.15, 0.2) is 5.96 Å². The van der Waals surface area contributed by atoms with Crippen LogP contribution in [0.2, 0.25) is 0 Å². The quantitative estimate of drug-likeness (QED) is 0.873. The van der Waals surface area contributed by atoms with Crippen molar-refractivity contribution in [2.75, 3.05) is 13.1 Å². The Balaban J connectivity index is 2.16. The molecule has 2 N–H and O–H groups in total. The molecule has 0 saturated carbocycles. The Morgan fingerprint density at radius 2 is 2.38 bits per heavy atom. The molecule has 1 unspecified atom stereocenters. The first kappa shape index (κ1) is 11.4. The van der Waals surface area contributed by atoms with E-state index in [4.69, 9.17) is 5.73 Å². The van der Waals surface area contributed by atoms with Crippen LogP contribution >= 0.6 is 11.3 Å². The van der Waals surface area contributed by atoms with Gasteiger partial charge in [0.25, 0.3) is 0 Å². The van der Waals surface area contributed by atoms with E-state index in [-0.39, 0.29) is 6.04 Å². The maximum absolute atomic E-state index is 5.91. The number of nitrogens with two attached hydrogens (primary N) is 1. The smallest absolute Gasteiger partial charge is 0.191 e. The number of hydrogen-bond donors (Lipinski definition) is 1. The Morgan fingerprint density at radius 3 is 2.94 bits per heavy atom. The Hall–Kier alpha value is -1.10. The zero-order valence-electron chi connectivity index (χ0n) is 9.97. The molecule has 1 aromatic heterocycles. The molecular formula is C11H18N4S. The number of aliphatic imine (C=N–C) groups is 1. The van der Waals surface area contributed by atoms with Crippen molar-refractivity contribution in [3.63, 3.8) is 0 Å². The van der Waals surface area contributed by atoms with Crippen LogP contribution in [0.4, 0.5) is 0 Å². The highest BCUT2D eigenvalue weighted by Gasteiger charge is 2.29. The first-order valence-corrected chi connectivity index (χ1v) is 6.44. The zero-order valence-corrected chi connectivity index (χ0v) is 10.8. The summed E-state index contributed by atoms with van der Waals surface area (Å²) >= 11 is 1.68. The SMILES string of the molecule is Cc1nc(C2CN=C(N)N2CC(C)C)cs1. The summed E-state index contributed by atoms with van der Waals surface area (Å²) < 4.78 is 0. The van der Waals surface area contributed by atoms with Gasteiger partial charge in [0.05, 0.1) is 23.3 Å². The lowest BCUT2D eigenvalue weighted by atomic mass is 10.1. The Labute approximate surface area is 100 Å². The molecular weight excluding hydrogens is 220 g/mol. The summed E-state index contributed by atoms with van der Waals surface area (Å²) in [5.41, 5.74) is 7.02. The number of rotatable bonds is 3. The fourth-order valence-corrected chi connectivity index (χ4v) is 2.59. The van der Waals surface area contributed by atoms with Gasteiger partial charge in [-0.25, -0.2) is 4.98 Å². The predicted molar refractivity (Wildman–Crippen MR) is 67.6 cm³/mol. The molecule has 0 radical (unpaired) electrons. The molecule has 0 spiro atoms. The largest absolute Gasteiger partial charge is 0.370 e. The highest BCUT2D eigenvalue weighted by molar-refractivity contribution is 7.09. The molecule has 0 fully saturated rings. The summed E-state index contributed by atoms with van der Waals surface area (Å²) in [7, 11) is 0. The second-order valence-corrected chi connectivity index (χ2v) is 5.61. The summed E-state index contributed by atoms with van der Waals surface area (Å²) in [5.74, 6) is 1.23. The maximum Gasteiger partial charge on any atom is 0.191 e. The van der Waals surface area contributed by atoms with Crippen LogP contribution in [0.15, 0.2) is 10.4 Å². The number of aromatic nitrogens is 1. The number of aryl methyl sites for hydroxylation is 1. The molecule has 0 aliphatic carbocycles. The van der Waals surface area contributed by atoms with Crippen LogP contribution in [-0.4, -0.2) is 28.9 Å². The van der Waals surface area contributed by atoms with E-state index >= 15 is 0 Å². The molecule has 0 aromatic carbocycles. The van der Waals surface area contributed by atoms with E-state index in [9.17, 15) is 0 Å². The first-order chi connectivity index (χ1) is 7.58. The molecule has 2 heterocycles. The van der Waals surface area contributed by atoms with Crippen molar-refractivity contribution in [2.45, 2.75) is 26.8 Å². The van der Waals surface area contributed by atoms with Crippen molar-refractivity contribution in [3.8, 4) is 0 Å². The van der Waals surface area contributed by atoms with Gasteiger partial charge in [-0.3, -0.25) is 4.99 Å². The van der Waals surface area contributed by atoms with E-state index in [1.807, 2.05) is 6.92 Å². The first-order valence-electron chi connectivity index (χ1n) is 5.56. The van der Waals surface area contributed by atoms with Crippen LogP contribution in [-0.2, 0) is 0 Å². The van der Waals surface area contributed by atoms with Crippen molar-refractivity contribution < 1.29 is 0 Å². The average molecular weight is 238 g/mol. The normalized spacial score (nSPS) is 20.6. The van der Waals surface area contributed by atoms with E-state index in [0.717, 1.165) is 23.8 Å². The minimum Gasteiger partial charge on any atom is -0.370 e. The van der Waals surface area contributed by atoms with E-state index in [1.165, 1.54) is 0 Å². The lowest BCUT2D eigenvalue weighted by Gasteiger charge is -2.26. The third-order valence-electron chi connectivity index (χ3n) is 2.64. The molecule has 0 bridgehead atoms. The minimum atomic E-state index is 0.243. The van der Waals surface area contributed by atoms with Crippen LogP contribution in [0.25, 0.3) is 0 Å². The van der Waals surface area contributed by atoms with E-state index < -0.39 is 0 Å². The molecule has 1 aliphatic heterocycles. The Kier molecular flexibility index (Phi) is 3.14. The van der Waals surface area contributed by atoms with Crippen LogP contribution in [0.1, 0.15) is 30.6 Å². The van der Waals surface area contributed by atoms with Gasteiger partial charge in [0, 0.05) is 11.9 Å². The van der Waals surface area contributed by atoms with Gasteiger partial charge in [-0.1, -0.05) is 13.8 Å². The number of guanidine groups is 1. The summed E-state index contributed by atoms with van der Waals surface area (Å²) in [4.78, 5) is 11.0. The number of nitrogens with zero attached hydrogens (tertiary/aromatic N) is 3. The van der Waals surface area contributed by atoms with E-state index in [1.54, 1.807) is 11.3 Å². The Morgan fingerprint density at radius 1 is 1.62 bits per heavy atom. The molecule has 0 saturated heterocycles. The van der Waals surface area contributed by atoms with Gasteiger partial charge in [0.1, 0.15) is 0 Å². The third kappa shape index (κ3) is 2.19. The molecule has 2 rings (SSSR count). The van der Waals surface area contributed by atoms with Crippen LogP contribution in [0.5, 0.6) is 0 Å².